The van der Waals surface area contributed by atoms with Gasteiger partial charge in [0.15, 0.2) is 5.75 Å². The molecule has 10 nitrogen and oxygen atoms in total. The molecule has 0 saturated heterocycles. The molecule has 2 N–H and O–H groups in total. The first-order valence-corrected chi connectivity index (χ1v) is 9.49. The van der Waals surface area contributed by atoms with Crippen LogP contribution in [0.2, 0.25) is 10.0 Å². The van der Waals surface area contributed by atoms with Crippen molar-refractivity contribution in [1.29, 1.82) is 0 Å². The van der Waals surface area contributed by atoms with Crippen LogP contribution in [0.15, 0.2) is 44.8 Å². The summed E-state index contributed by atoms with van der Waals surface area (Å²) in [5.74, 6) is -2.09. The van der Waals surface area contributed by atoms with Crippen molar-refractivity contribution in [1.82, 2.24) is 19.3 Å². The van der Waals surface area contributed by atoms with E-state index in [1.807, 2.05) is 0 Å². The van der Waals surface area contributed by atoms with E-state index in [-0.39, 0.29) is 27.2 Å². The number of pyridine rings is 1. The van der Waals surface area contributed by atoms with Gasteiger partial charge in [-0.05, 0) is 18.2 Å². The smallest absolute Gasteiger partial charge is 0.362 e. The van der Waals surface area contributed by atoms with E-state index in [1.165, 1.54) is 0 Å². The summed E-state index contributed by atoms with van der Waals surface area (Å²) in [6.45, 7) is -1.50. The average molecular weight is 507 g/mol. The average Bonchev–Trinajstić information content (AvgIpc) is 2.72. The second-order valence-corrected chi connectivity index (χ2v) is 7.15. The van der Waals surface area contributed by atoms with E-state index < -0.39 is 47.6 Å². The van der Waals surface area contributed by atoms with Crippen LogP contribution in [0.4, 0.5) is 13.2 Å². The maximum Gasteiger partial charge on any atom is 0.362 e. The van der Waals surface area contributed by atoms with Gasteiger partial charge >= 0.3 is 11.7 Å². The van der Waals surface area contributed by atoms with Crippen LogP contribution in [0, 0.1) is 0 Å². The molecule has 0 aliphatic carbocycles. The van der Waals surface area contributed by atoms with Crippen molar-refractivity contribution in [2.45, 2.75) is 12.5 Å². The third-order valence-corrected chi connectivity index (χ3v) is 4.76. The third kappa shape index (κ3) is 4.93. The highest BCUT2D eigenvalue weighted by Crippen LogP contribution is 2.38. The number of nitrogens with zero attached hydrogens (tertiary/aromatic N) is 3. The summed E-state index contributed by atoms with van der Waals surface area (Å²) in [6, 6.07) is 2.17. The number of aromatic carboxylic acids is 1. The van der Waals surface area contributed by atoms with Crippen LogP contribution in [-0.4, -0.2) is 43.5 Å². The topological polar surface area (TPSA) is 136 Å². The first-order valence-electron chi connectivity index (χ1n) is 8.74. The SMILES string of the molecule is O=C(O)c1nn(-c2cc(Cl)c(Oc3ccc(=O)n(C(CF)C(F)F)c3)c(Cl)c2)c(=O)[nH]c1=O. The van der Waals surface area contributed by atoms with Crippen molar-refractivity contribution in [3.63, 3.8) is 0 Å². The number of carboxylic acids is 1. The molecule has 174 valence electrons. The first kappa shape index (κ1) is 24.1. The van der Waals surface area contributed by atoms with Crippen LogP contribution >= 0.6 is 23.2 Å². The van der Waals surface area contributed by atoms with Crippen molar-refractivity contribution in [2.24, 2.45) is 0 Å². The van der Waals surface area contributed by atoms with Crippen LogP contribution < -0.4 is 21.5 Å². The van der Waals surface area contributed by atoms with Crippen molar-refractivity contribution in [2.75, 3.05) is 6.67 Å². The minimum Gasteiger partial charge on any atom is -0.476 e. The summed E-state index contributed by atoms with van der Waals surface area (Å²) in [4.78, 5) is 48.3. The number of nitrogens with one attached hydrogen (secondary N) is 1. The van der Waals surface area contributed by atoms with Gasteiger partial charge in [-0.1, -0.05) is 23.2 Å². The van der Waals surface area contributed by atoms with Crippen LogP contribution in [0.3, 0.4) is 0 Å². The predicted molar refractivity (Wildman–Crippen MR) is 109 cm³/mol. The van der Waals surface area contributed by atoms with Crippen LogP contribution in [0.25, 0.3) is 5.69 Å². The molecule has 1 atom stereocenters. The zero-order chi connectivity index (χ0) is 24.4. The Balaban J connectivity index is 2.03. The normalized spacial score (nSPS) is 12.1. The Kier molecular flexibility index (Phi) is 6.93. The molecule has 2 heterocycles. The minimum atomic E-state index is -3.16. The Morgan fingerprint density at radius 1 is 1.18 bits per heavy atom. The lowest BCUT2D eigenvalue weighted by molar-refractivity contribution is 0.0663. The maximum atomic E-state index is 13.0. The number of carbonyl (C=O) groups is 1. The highest BCUT2D eigenvalue weighted by molar-refractivity contribution is 6.37. The molecular formula is C18H11Cl2F3N4O6. The highest BCUT2D eigenvalue weighted by atomic mass is 35.5. The summed E-state index contributed by atoms with van der Waals surface area (Å²) in [5, 5.41) is 12.0. The molecule has 2 aromatic heterocycles. The fourth-order valence-corrected chi connectivity index (χ4v) is 3.22. The number of hydrogen-bond acceptors (Lipinski definition) is 6. The molecule has 33 heavy (non-hydrogen) atoms. The lowest BCUT2D eigenvalue weighted by atomic mass is 10.3. The molecule has 15 heteroatoms. The molecule has 3 rings (SSSR count). The van der Waals surface area contributed by atoms with Crippen molar-refractivity contribution in [3.8, 4) is 17.2 Å². The summed E-state index contributed by atoms with van der Waals surface area (Å²) in [5.41, 5.74) is -4.30. The minimum absolute atomic E-state index is 0.138. The van der Waals surface area contributed by atoms with Gasteiger partial charge in [0.05, 0.1) is 21.9 Å². The Bertz CT molecular complexity index is 1380. The third-order valence-electron chi connectivity index (χ3n) is 4.20. The van der Waals surface area contributed by atoms with Crippen molar-refractivity contribution in [3.05, 3.63) is 77.4 Å². The summed E-state index contributed by atoms with van der Waals surface area (Å²) in [7, 11) is 0. The van der Waals surface area contributed by atoms with E-state index in [9.17, 15) is 32.3 Å². The lowest BCUT2D eigenvalue weighted by Crippen LogP contribution is -2.35. The molecular weight excluding hydrogens is 496 g/mol. The Morgan fingerprint density at radius 3 is 2.36 bits per heavy atom. The Morgan fingerprint density at radius 2 is 1.82 bits per heavy atom. The quantitative estimate of drug-likeness (QED) is 0.502. The molecule has 1 aromatic carbocycles. The molecule has 3 aromatic rings. The van der Waals surface area contributed by atoms with Gasteiger partial charge in [0.2, 0.25) is 5.69 Å². The van der Waals surface area contributed by atoms with Gasteiger partial charge in [-0.15, -0.1) is 0 Å². The number of benzene rings is 1. The second-order valence-electron chi connectivity index (χ2n) is 6.33. The van der Waals surface area contributed by atoms with E-state index in [4.69, 9.17) is 33.0 Å². The molecule has 0 aliphatic rings. The molecule has 0 amide bonds. The van der Waals surface area contributed by atoms with Crippen molar-refractivity contribution < 1.29 is 27.8 Å². The predicted octanol–water partition coefficient (Wildman–Crippen LogP) is 2.66. The molecule has 0 saturated carbocycles. The van der Waals surface area contributed by atoms with Gasteiger partial charge in [0.25, 0.3) is 17.5 Å². The number of aromatic nitrogens is 4. The Labute approximate surface area is 190 Å². The van der Waals surface area contributed by atoms with E-state index in [1.54, 1.807) is 4.98 Å². The van der Waals surface area contributed by atoms with E-state index in [2.05, 4.69) is 5.10 Å². The number of halogens is 5. The van der Waals surface area contributed by atoms with Crippen LogP contribution in [0.5, 0.6) is 11.5 Å². The first-order chi connectivity index (χ1) is 15.5. The lowest BCUT2D eigenvalue weighted by Gasteiger charge is -2.17. The molecule has 0 fully saturated rings. The van der Waals surface area contributed by atoms with Gasteiger partial charge in [-0.3, -0.25) is 14.6 Å². The van der Waals surface area contributed by atoms with Gasteiger partial charge in [0.1, 0.15) is 18.5 Å². The van der Waals surface area contributed by atoms with Gasteiger partial charge in [0, 0.05) is 6.07 Å². The molecule has 0 bridgehead atoms. The number of H-pyrrole nitrogens is 1. The van der Waals surface area contributed by atoms with Crippen LogP contribution in [-0.2, 0) is 0 Å². The zero-order valence-corrected chi connectivity index (χ0v) is 17.5. The molecule has 0 aliphatic heterocycles. The number of aromatic amines is 1. The van der Waals surface area contributed by atoms with E-state index >= 15 is 0 Å². The number of rotatable bonds is 7. The summed E-state index contributed by atoms with van der Waals surface area (Å²) >= 11 is 12.3. The number of hydrogen-bond donors (Lipinski definition) is 2. The fourth-order valence-electron chi connectivity index (χ4n) is 2.66. The largest absolute Gasteiger partial charge is 0.476 e. The summed E-state index contributed by atoms with van der Waals surface area (Å²) in [6.07, 6.45) is -2.31. The maximum absolute atomic E-state index is 13.0. The molecule has 0 spiro atoms. The van der Waals surface area contributed by atoms with Crippen molar-refractivity contribution >= 4 is 29.2 Å². The molecule has 0 radical (unpaired) electrons. The van der Waals surface area contributed by atoms with Crippen LogP contribution in [0.1, 0.15) is 16.5 Å². The number of carboxylic acid groups (broad SMARTS) is 1. The second kappa shape index (κ2) is 9.50. The fraction of sp³-hybridized carbons (Fsp3) is 0.167. The van der Waals surface area contributed by atoms with E-state index in [0.717, 1.165) is 30.5 Å². The Hall–Kier alpha value is -3.58. The number of ether oxygens (including phenoxy) is 1. The standard InChI is InChI=1S/C18H11Cl2F3N4O6/c19-9-3-7(27-18(32)24-16(29)13(25-27)17(30)31)4-10(20)14(9)33-8-1-2-12(28)26(6-8)11(5-21)15(22)23/h1-4,6,11,15H,5H2,(H,30,31)(H,24,29,32). The van der Waals surface area contributed by atoms with Gasteiger partial charge in [-0.25, -0.2) is 22.8 Å². The van der Waals surface area contributed by atoms with Gasteiger partial charge in [-0.2, -0.15) is 9.78 Å². The summed E-state index contributed by atoms with van der Waals surface area (Å²) < 4.78 is 45.5. The van der Waals surface area contributed by atoms with Gasteiger partial charge < -0.3 is 14.4 Å². The van der Waals surface area contributed by atoms with E-state index in [0.29, 0.717) is 9.25 Å². The monoisotopic (exact) mass is 506 g/mol. The zero-order valence-electron chi connectivity index (χ0n) is 16.0. The number of alkyl halides is 3. The molecule has 1 unspecified atom stereocenters. The highest BCUT2D eigenvalue weighted by Gasteiger charge is 2.24.